The van der Waals surface area contributed by atoms with Crippen LogP contribution in [0, 0.1) is 0 Å². The Bertz CT molecular complexity index is 442. The van der Waals surface area contributed by atoms with Crippen molar-refractivity contribution in [2.75, 3.05) is 16.8 Å². The van der Waals surface area contributed by atoms with Gasteiger partial charge in [-0.05, 0) is 34.1 Å². The number of nitrogens with one attached hydrogen (secondary N) is 1. The summed E-state index contributed by atoms with van der Waals surface area (Å²) in [5, 5.41) is 11.6. The number of benzene rings is 1. The van der Waals surface area contributed by atoms with Crippen LogP contribution in [-0.2, 0) is 9.59 Å². The zero-order valence-electron chi connectivity index (χ0n) is 8.57. The summed E-state index contributed by atoms with van der Waals surface area (Å²) in [6.45, 7) is 0. The van der Waals surface area contributed by atoms with Crippen molar-refractivity contribution in [3.63, 3.8) is 0 Å². The molecule has 17 heavy (non-hydrogen) atoms. The van der Waals surface area contributed by atoms with Crippen molar-refractivity contribution >= 4 is 56.9 Å². The average molecular weight is 339 g/mol. The molecule has 2 N–H and O–H groups in total. The maximum Gasteiger partial charge on any atom is 0.313 e. The summed E-state index contributed by atoms with van der Waals surface area (Å²) in [4.78, 5) is 21.7. The van der Waals surface area contributed by atoms with Gasteiger partial charge >= 0.3 is 5.97 Å². The summed E-state index contributed by atoms with van der Waals surface area (Å²) in [6, 6.07) is 5.04. The molecule has 0 fully saturated rings. The number of rotatable bonds is 5. The molecule has 0 aliphatic carbocycles. The van der Waals surface area contributed by atoms with Crippen LogP contribution in [0.15, 0.2) is 22.7 Å². The van der Waals surface area contributed by atoms with Gasteiger partial charge in [0.05, 0.1) is 17.2 Å². The number of aliphatic carboxylic acids is 1. The van der Waals surface area contributed by atoms with Gasteiger partial charge < -0.3 is 10.4 Å². The Kier molecular flexibility index (Phi) is 5.80. The van der Waals surface area contributed by atoms with Gasteiger partial charge in [-0.3, -0.25) is 9.59 Å². The van der Waals surface area contributed by atoms with Crippen molar-refractivity contribution in [1.82, 2.24) is 0 Å². The number of amides is 1. The van der Waals surface area contributed by atoms with Gasteiger partial charge in [-0.1, -0.05) is 11.6 Å². The van der Waals surface area contributed by atoms with Crippen LogP contribution in [0.25, 0.3) is 0 Å². The Morgan fingerprint density at radius 1 is 1.41 bits per heavy atom. The molecule has 0 heterocycles. The number of carboxylic acid groups (broad SMARTS) is 1. The predicted octanol–water partition coefficient (Wildman–Crippen LogP) is 2.86. The highest BCUT2D eigenvalue weighted by Crippen LogP contribution is 2.25. The molecular weight excluding hydrogens is 330 g/mol. The molecule has 7 heteroatoms. The smallest absolute Gasteiger partial charge is 0.313 e. The number of anilines is 1. The molecule has 92 valence electrons. The highest BCUT2D eigenvalue weighted by Gasteiger charge is 2.07. The van der Waals surface area contributed by atoms with E-state index < -0.39 is 5.97 Å². The van der Waals surface area contributed by atoms with Crippen LogP contribution in [0.2, 0.25) is 5.02 Å². The Hall–Kier alpha value is -0.720. The zero-order chi connectivity index (χ0) is 12.8. The lowest BCUT2D eigenvalue weighted by Crippen LogP contribution is -2.15. The third kappa shape index (κ3) is 5.43. The van der Waals surface area contributed by atoms with Gasteiger partial charge in [0, 0.05) is 9.50 Å². The van der Waals surface area contributed by atoms with Crippen LogP contribution >= 0.6 is 39.3 Å². The first kappa shape index (κ1) is 14.3. The molecule has 1 aromatic carbocycles. The molecule has 1 aromatic rings. The molecule has 1 amide bonds. The number of thioether (sulfide) groups is 1. The fourth-order valence-corrected chi connectivity index (χ4v) is 2.06. The molecule has 4 nitrogen and oxygen atoms in total. The summed E-state index contributed by atoms with van der Waals surface area (Å²) in [6.07, 6.45) is 0. The molecule has 0 radical (unpaired) electrons. The minimum Gasteiger partial charge on any atom is -0.481 e. The van der Waals surface area contributed by atoms with Crippen LogP contribution in [0.5, 0.6) is 0 Å². The molecule has 0 unspecified atom stereocenters. The second-order valence-electron chi connectivity index (χ2n) is 3.06. The minimum absolute atomic E-state index is 0.0885. The topological polar surface area (TPSA) is 66.4 Å². The van der Waals surface area contributed by atoms with E-state index in [2.05, 4.69) is 21.2 Å². The fourth-order valence-electron chi connectivity index (χ4n) is 1.01. The van der Waals surface area contributed by atoms with Crippen LogP contribution in [0.3, 0.4) is 0 Å². The van der Waals surface area contributed by atoms with Gasteiger partial charge in [0.25, 0.3) is 0 Å². The number of carbonyl (C=O) groups is 2. The summed E-state index contributed by atoms with van der Waals surface area (Å²) in [5.74, 6) is -1.21. The summed E-state index contributed by atoms with van der Waals surface area (Å²) in [5.41, 5.74) is 0.568. The zero-order valence-corrected chi connectivity index (χ0v) is 11.7. The van der Waals surface area contributed by atoms with Crippen LogP contribution in [0.1, 0.15) is 0 Å². The molecule has 0 aliphatic heterocycles. The summed E-state index contributed by atoms with van der Waals surface area (Å²) in [7, 11) is 0. The quantitative estimate of drug-likeness (QED) is 0.866. The SMILES string of the molecule is O=C(O)CSCC(=O)Nc1cc(Cl)ccc1Br. The van der Waals surface area contributed by atoms with Crippen molar-refractivity contribution in [1.29, 1.82) is 0 Å². The first-order valence-electron chi connectivity index (χ1n) is 4.53. The minimum atomic E-state index is -0.938. The molecular formula is C10H9BrClNO3S. The lowest BCUT2D eigenvalue weighted by Gasteiger charge is -2.07. The molecule has 0 saturated heterocycles. The maximum atomic E-state index is 11.5. The van der Waals surface area contributed by atoms with Gasteiger partial charge in [0.2, 0.25) is 5.91 Å². The highest BCUT2D eigenvalue weighted by atomic mass is 79.9. The number of hydrogen-bond donors (Lipinski definition) is 2. The van der Waals surface area contributed by atoms with Gasteiger partial charge in [-0.2, -0.15) is 0 Å². The monoisotopic (exact) mass is 337 g/mol. The summed E-state index contributed by atoms with van der Waals surface area (Å²) < 4.78 is 0.721. The molecule has 0 atom stereocenters. The van der Waals surface area contributed by atoms with Gasteiger partial charge in [0.15, 0.2) is 0 Å². The van der Waals surface area contributed by atoms with Crippen LogP contribution in [-0.4, -0.2) is 28.5 Å². The number of hydrogen-bond acceptors (Lipinski definition) is 3. The van der Waals surface area contributed by atoms with Gasteiger partial charge in [-0.15, -0.1) is 11.8 Å². The van der Waals surface area contributed by atoms with Crippen molar-refractivity contribution in [3.05, 3.63) is 27.7 Å². The maximum absolute atomic E-state index is 11.5. The lowest BCUT2D eigenvalue weighted by atomic mass is 10.3. The summed E-state index contributed by atoms with van der Waals surface area (Å²) >= 11 is 10.1. The van der Waals surface area contributed by atoms with E-state index in [0.717, 1.165) is 16.2 Å². The van der Waals surface area contributed by atoms with E-state index in [0.29, 0.717) is 10.7 Å². The third-order valence-corrected chi connectivity index (χ3v) is 3.51. The third-order valence-electron chi connectivity index (χ3n) is 1.66. The molecule has 0 aromatic heterocycles. The Labute approximate surface area is 116 Å². The second-order valence-corrected chi connectivity index (χ2v) is 5.34. The van der Waals surface area contributed by atoms with E-state index in [1.807, 2.05) is 0 Å². The van der Waals surface area contributed by atoms with E-state index in [1.54, 1.807) is 18.2 Å². The van der Waals surface area contributed by atoms with Crippen molar-refractivity contribution < 1.29 is 14.7 Å². The molecule has 0 spiro atoms. The molecule has 0 aliphatic rings. The number of carboxylic acids is 1. The fraction of sp³-hybridized carbons (Fsp3) is 0.200. The van der Waals surface area contributed by atoms with E-state index in [9.17, 15) is 9.59 Å². The standard InChI is InChI=1S/C10H9BrClNO3S/c11-7-2-1-6(12)3-8(7)13-9(14)4-17-5-10(15)16/h1-3H,4-5H2,(H,13,14)(H,15,16). The largest absolute Gasteiger partial charge is 0.481 e. The molecule has 0 saturated carbocycles. The Balaban J connectivity index is 2.50. The van der Waals surface area contributed by atoms with E-state index in [1.165, 1.54) is 0 Å². The van der Waals surface area contributed by atoms with E-state index in [4.69, 9.17) is 16.7 Å². The number of halogens is 2. The first-order valence-corrected chi connectivity index (χ1v) is 6.86. The van der Waals surface area contributed by atoms with Crippen LogP contribution < -0.4 is 5.32 Å². The molecule has 1 rings (SSSR count). The Morgan fingerprint density at radius 2 is 2.12 bits per heavy atom. The number of carbonyl (C=O) groups excluding carboxylic acids is 1. The van der Waals surface area contributed by atoms with E-state index >= 15 is 0 Å². The van der Waals surface area contributed by atoms with Gasteiger partial charge in [-0.25, -0.2) is 0 Å². The Morgan fingerprint density at radius 3 is 2.76 bits per heavy atom. The second kappa shape index (κ2) is 6.88. The predicted molar refractivity (Wildman–Crippen MR) is 72.7 cm³/mol. The van der Waals surface area contributed by atoms with Crippen molar-refractivity contribution in [2.24, 2.45) is 0 Å². The van der Waals surface area contributed by atoms with E-state index in [-0.39, 0.29) is 17.4 Å². The lowest BCUT2D eigenvalue weighted by molar-refractivity contribution is -0.133. The van der Waals surface area contributed by atoms with Crippen molar-refractivity contribution in [3.8, 4) is 0 Å². The van der Waals surface area contributed by atoms with Crippen molar-refractivity contribution in [2.45, 2.75) is 0 Å². The molecule has 0 bridgehead atoms. The normalized spacial score (nSPS) is 10.0. The highest BCUT2D eigenvalue weighted by molar-refractivity contribution is 9.10. The average Bonchev–Trinajstić information content (AvgIpc) is 2.23. The van der Waals surface area contributed by atoms with Gasteiger partial charge in [0.1, 0.15) is 0 Å². The van der Waals surface area contributed by atoms with Crippen LogP contribution in [0.4, 0.5) is 5.69 Å². The first-order chi connectivity index (χ1) is 7.99.